The van der Waals surface area contributed by atoms with Gasteiger partial charge in [-0.1, -0.05) is 88.6 Å². The first-order valence-electron chi connectivity index (χ1n) is 15.9. The molecule has 1 saturated carbocycles. The molecule has 2 aromatic carbocycles. The number of fused-ring (bicyclic) bond motifs is 1. The number of piperidine rings is 1. The number of nitrogens with one attached hydrogen (secondary N) is 1. The van der Waals surface area contributed by atoms with Gasteiger partial charge in [-0.05, 0) is 41.8 Å². The molecule has 2 heterocycles. The predicted molar refractivity (Wildman–Crippen MR) is 168 cm³/mol. The second-order valence-corrected chi connectivity index (χ2v) is 14.0. The third-order valence-electron chi connectivity index (χ3n) is 9.57. The Balaban J connectivity index is 1.45. The molecule has 0 spiro atoms. The van der Waals surface area contributed by atoms with Crippen molar-refractivity contribution in [1.29, 1.82) is 0 Å². The highest BCUT2D eigenvalue weighted by Crippen LogP contribution is 2.34. The van der Waals surface area contributed by atoms with Gasteiger partial charge in [0.2, 0.25) is 5.91 Å². The van der Waals surface area contributed by atoms with Gasteiger partial charge in [-0.3, -0.25) is 9.59 Å². The van der Waals surface area contributed by atoms with E-state index in [4.69, 9.17) is 0 Å². The van der Waals surface area contributed by atoms with Gasteiger partial charge < -0.3 is 14.4 Å². The number of carbonyl (C=O) groups excluding carboxylic acids is 1. The van der Waals surface area contributed by atoms with Crippen molar-refractivity contribution in [3.8, 4) is 0 Å². The van der Waals surface area contributed by atoms with Gasteiger partial charge in [0, 0.05) is 49.2 Å². The number of pyridine rings is 1. The van der Waals surface area contributed by atoms with E-state index < -0.39 is 0 Å². The lowest BCUT2D eigenvalue weighted by Crippen LogP contribution is -3.14. The zero-order valence-electron chi connectivity index (χ0n) is 25.7. The summed E-state index contributed by atoms with van der Waals surface area (Å²) in [5.41, 5.74) is 3.30. The van der Waals surface area contributed by atoms with Crippen molar-refractivity contribution in [3.63, 3.8) is 0 Å². The molecule has 0 radical (unpaired) electrons. The highest BCUT2D eigenvalue weighted by Gasteiger charge is 2.35. The molecular weight excluding hydrogens is 506 g/mol. The van der Waals surface area contributed by atoms with Crippen LogP contribution in [0.15, 0.2) is 65.5 Å². The number of hydrogen-bond acceptors (Lipinski definition) is 2. The Morgan fingerprint density at radius 3 is 2.29 bits per heavy atom. The molecule has 5 rings (SSSR count). The van der Waals surface area contributed by atoms with Crippen LogP contribution in [-0.2, 0) is 18.4 Å². The van der Waals surface area contributed by atoms with E-state index in [1.54, 1.807) is 9.47 Å². The van der Waals surface area contributed by atoms with Crippen molar-refractivity contribution in [1.82, 2.24) is 9.47 Å². The molecule has 1 amide bonds. The van der Waals surface area contributed by atoms with E-state index in [0.29, 0.717) is 30.0 Å². The molecule has 2 aliphatic rings. The SMILES string of the molecule is Cn1c(=O)c(CN(CC(c2ccccc2)C2CC[NH+](CC(C)(C)C)CC2)C(=O)C2CCCCC2)cc2ccccc21. The van der Waals surface area contributed by atoms with Crippen LogP contribution < -0.4 is 10.5 Å². The maximum absolute atomic E-state index is 14.2. The van der Waals surface area contributed by atoms with Crippen molar-refractivity contribution in [2.24, 2.45) is 24.3 Å². The number of hydrogen-bond donors (Lipinski definition) is 1. The van der Waals surface area contributed by atoms with E-state index in [9.17, 15) is 9.59 Å². The van der Waals surface area contributed by atoms with Gasteiger partial charge in [0.15, 0.2) is 0 Å². The van der Waals surface area contributed by atoms with Crippen molar-refractivity contribution >= 4 is 16.8 Å². The molecule has 1 aliphatic heterocycles. The largest absolute Gasteiger partial charge is 0.337 e. The minimum Gasteiger partial charge on any atom is -0.337 e. The number of carbonyl (C=O) groups is 1. The fraction of sp³-hybridized carbons (Fsp3) is 0.556. The van der Waals surface area contributed by atoms with Gasteiger partial charge in [-0.25, -0.2) is 0 Å². The van der Waals surface area contributed by atoms with Gasteiger partial charge >= 0.3 is 0 Å². The quantitative estimate of drug-likeness (QED) is 0.394. The highest BCUT2D eigenvalue weighted by atomic mass is 16.2. The van der Waals surface area contributed by atoms with Crippen LogP contribution in [0.3, 0.4) is 0 Å². The maximum Gasteiger partial charge on any atom is 0.255 e. The number of likely N-dealkylation sites (tertiary alicyclic amines) is 1. The normalized spacial score (nSPS) is 21.1. The number of para-hydroxylation sites is 1. The third kappa shape index (κ3) is 7.30. The Hall–Kier alpha value is -2.92. The van der Waals surface area contributed by atoms with Crippen LogP contribution in [0.1, 0.15) is 82.8 Å². The molecule has 2 fully saturated rings. The molecule has 3 aromatic rings. The topological polar surface area (TPSA) is 46.8 Å². The fourth-order valence-corrected chi connectivity index (χ4v) is 7.49. The van der Waals surface area contributed by atoms with Crippen LogP contribution in [-0.4, -0.2) is 41.6 Å². The molecule has 1 unspecified atom stereocenters. The highest BCUT2D eigenvalue weighted by molar-refractivity contribution is 5.81. The molecule has 1 N–H and O–H groups in total. The van der Waals surface area contributed by atoms with Crippen molar-refractivity contribution in [2.75, 3.05) is 26.2 Å². The summed E-state index contributed by atoms with van der Waals surface area (Å²) in [5.74, 6) is 1.12. The fourth-order valence-electron chi connectivity index (χ4n) is 7.49. The molecule has 41 heavy (non-hydrogen) atoms. The lowest BCUT2D eigenvalue weighted by atomic mass is 9.79. The molecule has 220 valence electrons. The van der Waals surface area contributed by atoms with Crippen LogP contribution in [0.2, 0.25) is 0 Å². The zero-order chi connectivity index (χ0) is 29.0. The minimum atomic E-state index is 0.000457. The second-order valence-electron chi connectivity index (χ2n) is 14.0. The number of aryl methyl sites for hydroxylation is 1. The summed E-state index contributed by atoms with van der Waals surface area (Å²) < 4.78 is 1.75. The molecule has 1 atom stereocenters. The first-order valence-corrected chi connectivity index (χ1v) is 15.9. The minimum absolute atomic E-state index is 0.000457. The first-order chi connectivity index (χ1) is 19.7. The van der Waals surface area contributed by atoms with E-state index in [1.807, 2.05) is 31.3 Å². The van der Waals surface area contributed by atoms with Gasteiger partial charge in [-0.2, -0.15) is 0 Å². The zero-order valence-corrected chi connectivity index (χ0v) is 25.7. The molecule has 5 nitrogen and oxygen atoms in total. The summed E-state index contributed by atoms with van der Waals surface area (Å²) in [6.07, 6.45) is 7.75. The predicted octanol–water partition coefficient (Wildman–Crippen LogP) is 5.57. The lowest BCUT2D eigenvalue weighted by Gasteiger charge is -2.39. The van der Waals surface area contributed by atoms with E-state index in [2.05, 4.69) is 62.1 Å². The van der Waals surface area contributed by atoms with E-state index in [1.165, 1.54) is 44.5 Å². The van der Waals surface area contributed by atoms with Crippen molar-refractivity contribution in [3.05, 3.63) is 82.1 Å². The van der Waals surface area contributed by atoms with Crippen molar-refractivity contribution < 1.29 is 9.69 Å². The van der Waals surface area contributed by atoms with Crippen molar-refractivity contribution in [2.45, 2.75) is 78.2 Å². The standard InChI is InChI=1S/C36H49N3O2/c1-36(2,3)26-38-21-19-28(20-22-38)32(27-13-7-5-8-14-27)25-39(35(41)29-15-9-6-10-16-29)24-31-23-30-17-11-12-18-33(30)37(4)34(31)40/h5,7-8,11-14,17-18,23,28-29,32H,6,9-10,15-16,19-22,24-26H2,1-4H3/p+1. The van der Waals surface area contributed by atoms with Crippen LogP contribution in [0, 0.1) is 17.3 Å². The number of quaternary nitrogens is 1. The summed E-state index contributed by atoms with van der Waals surface area (Å²) >= 11 is 0. The number of benzene rings is 2. The summed E-state index contributed by atoms with van der Waals surface area (Å²) in [7, 11) is 1.85. The molecule has 1 saturated heterocycles. The average Bonchev–Trinajstić information content (AvgIpc) is 2.98. The Bertz CT molecular complexity index is 1360. The summed E-state index contributed by atoms with van der Waals surface area (Å²) in [6.45, 7) is 11.6. The van der Waals surface area contributed by atoms with Gasteiger partial charge in [0.25, 0.3) is 5.56 Å². The van der Waals surface area contributed by atoms with E-state index in [0.717, 1.165) is 36.6 Å². The Morgan fingerprint density at radius 2 is 1.61 bits per heavy atom. The van der Waals surface area contributed by atoms with Crippen LogP contribution in [0.4, 0.5) is 0 Å². The Kier molecular flexibility index (Phi) is 9.33. The summed E-state index contributed by atoms with van der Waals surface area (Å²) in [4.78, 5) is 31.6. The monoisotopic (exact) mass is 556 g/mol. The lowest BCUT2D eigenvalue weighted by molar-refractivity contribution is -0.912. The Labute approximate surface area is 246 Å². The molecular formula is C36H50N3O2+. The summed E-state index contributed by atoms with van der Waals surface area (Å²) in [6, 6.07) is 20.9. The molecule has 5 heteroatoms. The number of aromatic nitrogens is 1. The van der Waals surface area contributed by atoms with E-state index in [-0.39, 0.29) is 23.3 Å². The van der Waals surface area contributed by atoms with Crippen LogP contribution in [0.25, 0.3) is 10.9 Å². The van der Waals surface area contributed by atoms with Gasteiger partial charge in [0.05, 0.1) is 31.7 Å². The average molecular weight is 557 g/mol. The van der Waals surface area contributed by atoms with E-state index >= 15 is 0 Å². The maximum atomic E-state index is 14.2. The van der Waals surface area contributed by atoms with Crippen LogP contribution in [0.5, 0.6) is 0 Å². The second kappa shape index (κ2) is 12.9. The number of amides is 1. The Morgan fingerprint density at radius 1 is 0.951 bits per heavy atom. The summed E-state index contributed by atoms with van der Waals surface area (Å²) in [5, 5.41) is 1.04. The van der Waals surface area contributed by atoms with Crippen LogP contribution >= 0.6 is 0 Å². The molecule has 1 aromatic heterocycles. The smallest absolute Gasteiger partial charge is 0.255 e. The molecule has 0 bridgehead atoms. The van der Waals surface area contributed by atoms with Gasteiger partial charge in [-0.15, -0.1) is 0 Å². The first kappa shape index (κ1) is 29.6. The number of rotatable bonds is 8. The number of nitrogens with zero attached hydrogens (tertiary/aromatic N) is 2. The molecule has 1 aliphatic carbocycles. The third-order valence-corrected chi connectivity index (χ3v) is 9.57. The van der Waals surface area contributed by atoms with Gasteiger partial charge in [0.1, 0.15) is 0 Å².